The molecule has 0 aliphatic carbocycles. The monoisotopic (exact) mass is 215 g/mol. The highest BCUT2D eigenvalue weighted by Gasteiger charge is 2.17. The highest BCUT2D eigenvalue weighted by Crippen LogP contribution is 2.11. The Bertz CT molecular complexity index is 167. The zero-order valence-corrected chi connectivity index (χ0v) is 10.3. The number of aliphatic hydroxyl groups excluding tert-OH is 1. The topological polar surface area (TPSA) is 40.5 Å². The fourth-order valence-electron chi connectivity index (χ4n) is 1.70. The van der Waals surface area contributed by atoms with E-state index in [9.17, 15) is 4.79 Å². The zero-order valence-electron chi connectivity index (χ0n) is 10.3. The van der Waals surface area contributed by atoms with Gasteiger partial charge in [-0.3, -0.25) is 4.79 Å². The van der Waals surface area contributed by atoms with E-state index in [1.165, 1.54) is 0 Å². The van der Waals surface area contributed by atoms with Gasteiger partial charge in [0.25, 0.3) is 0 Å². The lowest BCUT2D eigenvalue weighted by atomic mass is 10.0. The van der Waals surface area contributed by atoms with Gasteiger partial charge in [-0.15, -0.1) is 0 Å². The summed E-state index contributed by atoms with van der Waals surface area (Å²) in [7, 11) is 1.87. The minimum atomic E-state index is 0.188. The van der Waals surface area contributed by atoms with Crippen molar-refractivity contribution >= 4 is 5.91 Å². The van der Waals surface area contributed by atoms with E-state index >= 15 is 0 Å². The molecule has 0 aromatic heterocycles. The summed E-state index contributed by atoms with van der Waals surface area (Å²) in [6.45, 7) is 5.19. The molecular formula is C12H25NO2. The third-order valence-corrected chi connectivity index (χ3v) is 2.86. The quantitative estimate of drug-likeness (QED) is 0.629. The Hall–Kier alpha value is -0.570. The van der Waals surface area contributed by atoms with Gasteiger partial charge in [-0.05, 0) is 32.1 Å². The van der Waals surface area contributed by atoms with Crippen molar-refractivity contribution in [1.29, 1.82) is 0 Å². The lowest BCUT2D eigenvalue weighted by Crippen LogP contribution is -2.33. The molecule has 0 atom stereocenters. The minimum Gasteiger partial charge on any atom is -0.396 e. The number of hydrogen-bond acceptors (Lipinski definition) is 2. The summed E-state index contributed by atoms with van der Waals surface area (Å²) in [5.41, 5.74) is 0. The van der Waals surface area contributed by atoms with Crippen LogP contribution in [0.4, 0.5) is 0 Å². The van der Waals surface area contributed by atoms with Crippen LogP contribution >= 0.6 is 0 Å². The maximum absolute atomic E-state index is 11.8. The number of nitrogens with zero attached hydrogens (tertiary/aromatic N) is 1. The Morgan fingerprint density at radius 3 is 2.27 bits per heavy atom. The van der Waals surface area contributed by atoms with Crippen LogP contribution in [0.3, 0.4) is 0 Å². The molecule has 1 N–H and O–H groups in total. The molecule has 0 rings (SSSR count). The molecule has 0 aromatic rings. The first kappa shape index (κ1) is 14.4. The minimum absolute atomic E-state index is 0.188. The van der Waals surface area contributed by atoms with Crippen LogP contribution in [0.1, 0.15) is 46.0 Å². The standard InChI is InChI=1S/C12H25NO2/c1-4-11(5-2)12(15)13(3)9-7-6-8-10-14/h11,14H,4-10H2,1-3H3. The van der Waals surface area contributed by atoms with Gasteiger partial charge in [0.05, 0.1) is 0 Å². The van der Waals surface area contributed by atoms with E-state index in [0.29, 0.717) is 0 Å². The summed E-state index contributed by atoms with van der Waals surface area (Å²) in [4.78, 5) is 13.7. The molecule has 15 heavy (non-hydrogen) atoms. The molecule has 0 saturated heterocycles. The van der Waals surface area contributed by atoms with E-state index in [1.807, 2.05) is 11.9 Å². The fraction of sp³-hybridized carbons (Fsp3) is 0.917. The van der Waals surface area contributed by atoms with Gasteiger partial charge in [0.1, 0.15) is 0 Å². The Balaban J connectivity index is 3.77. The summed E-state index contributed by atoms with van der Waals surface area (Å²) >= 11 is 0. The lowest BCUT2D eigenvalue weighted by molar-refractivity contribution is -0.134. The van der Waals surface area contributed by atoms with Gasteiger partial charge in [0.15, 0.2) is 0 Å². The first-order chi connectivity index (χ1) is 7.17. The van der Waals surface area contributed by atoms with Crippen LogP contribution in [0.2, 0.25) is 0 Å². The highest BCUT2D eigenvalue weighted by atomic mass is 16.2. The summed E-state index contributed by atoms with van der Waals surface area (Å²) in [5, 5.41) is 8.62. The van der Waals surface area contributed by atoms with Gasteiger partial charge in [-0.1, -0.05) is 13.8 Å². The van der Waals surface area contributed by atoms with Crippen LogP contribution in [0.5, 0.6) is 0 Å². The third-order valence-electron chi connectivity index (χ3n) is 2.86. The van der Waals surface area contributed by atoms with Crippen molar-refractivity contribution in [3.63, 3.8) is 0 Å². The lowest BCUT2D eigenvalue weighted by Gasteiger charge is -2.22. The summed E-state index contributed by atoms with van der Waals surface area (Å²) in [6, 6.07) is 0. The zero-order chi connectivity index (χ0) is 11.7. The Labute approximate surface area is 93.5 Å². The SMILES string of the molecule is CCC(CC)C(=O)N(C)CCCCCO. The Morgan fingerprint density at radius 1 is 1.20 bits per heavy atom. The van der Waals surface area contributed by atoms with Crippen molar-refractivity contribution in [2.24, 2.45) is 5.92 Å². The smallest absolute Gasteiger partial charge is 0.225 e. The number of rotatable bonds is 8. The van der Waals surface area contributed by atoms with Crippen molar-refractivity contribution in [3.8, 4) is 0 Å². The molecular weight excluding hydrogens is 190 g/mol. The Kier molecular flexibility index (Phi) is 8.38. The molecule has 0 aromatic carbocycles. The molecule has 3 nitrogen and oxygen atoms in total. The van der Waals surface area contributed by atoms with Crippen molar-refractivity contribution < 1.29 is 9.90 Å². The predicted octanol–water partition coefficient (Wildman–Crippen LogP) is 2.04. The maximum Gasteiger partial charge on any atom is 0.225 e. The van der Waals surface area contributed by atoms with Gasteiger partial charge in [-0.2, -0.15) is 0 Å². The molecule has 0 fully saturated rings. The first-order valence-electron chi connectivity index (χ1n) is 6.03. The molecule has 0 bridgehead atoms. The van der Waals surface area contributed by atoms with Crippen LogP contribution in [-0.4, -0.2) is 36.1 Å². The number of amides is 1. The van der Waals surface area contributed by atoms with Gasteiger partial charge in [0, 0.05) is 26.1 Å². The molecule has 0 heterocycles. The van der Waals surface area contributed by atoms with E-state index in [1.54, 1.807) is 0 Å². The second kappa shape index (κ2) is 8.72. The number of carbonyl (C=O) groups is 1. The maximum atomic E-state index is 11.8. The molecule has 0 saturated carbocycles. The van der Waals surface area contributed by atoms with Crippen LogP contribution in [0.25, 0.3) is 0 Å². The predicted molar refractivity (Wildman–Crippen MR) is 62.6 cm³/mol. The molecule has 0 spiro atoms. The highest BCUT2D eigenvalue weighted by molar-refractivity contribution is 5.78. The van der Waals surface area contributed by atoms with Gasteiger partial charge in [-0.25, -0.2) is 0 Å². The van der Waals surface area contributed by atoms with Crippen LogP contribution in [0.15, 0.2) is 0 Å². The molecule has 3 heteroatoms. The Morgan fingerprint density at radius 2 is 1.80 bits per heavy atom. The third kappa shape index (κ3) is 5.78. The van der Waals surface area contributed by atoms with Crippen LogP contribution in [0, 0.1) is 5.92 Å². The molecule has 90 valence electrons. The number of hydrogen-bond donors (Lipinski definition) is 1. The summed E-state index contributed by atoms with van der Waals surface area (Å²) in [5.74, 6) is 0.455. The van der Waals surface area contributed by atoms with Crippen molar-refractivity contribution in [2.75, 3.05) is 20.2 Å². The molecule has 1 amide bonds. The van der Waals surface area contributed by atoms with Crippen molar-refractivity contribution in [2.45, 2.75) is 46.0 Å². The normalized spacial score (nSPS) is 10.7. The van der Waals surface area contributed by atoms with Gasteiger partial charge >= 0.3 is 0 Å². The second-order valence-electron chi connectivity index (χ2n) is 4.06. The molecule has 0 aliphatic rings. The second-order valence-corrected chi connectivity index (χ2v) is 4.06. The average Bonchev–Trinajstić information content (AvgIpc) is 2.25. The van der Waals surface area contributed by atoms with Crippen LogP contribution in [-0.2, 0) is 4.79 Å². The van der Waals surface area contributed by atoms with E-state index in [2.05, 4.69) is 13.8 Å². The number of carbonyl (C=O) groups excluding carboxylic acids is 1. The largest absolute Gasteiger partial charge is 0.396 e. The van der Waals surface area contributed by atoms with Gasteiger partial charge < -0.3 is 10.0 Å². The molecule has 0 radical (unpaired) electrons. The fourth-order valence-corrected chi connectivity index (χ4v) is 1.70. The van der Waals surface area contributed by atoms with E-state index < -0.39 is 0 Å². The first-order valence-corrected chi connectivity index (χ1v) is 6.03. The number of aliphatic hydroxyl groups is 1. The van der Waals surface area contributed by atoms with E-state index in [0.717, 1.165) is 38.6 Å². The number of unbranched alkanes of at least 4 members (excludes halogenated alkanes) is 2. The van der Waals surface area contributed by atoms with E-state index in [-0.39, 0.29) is 18.4 Å². The van der Waals surface area contributed by atoms with Crippen molar-refractivity contribution in [1.82, 2.24) is 4.90 Å². The summed E-state index contributed by atoms with van der Waals surface area (Å²) < 4.78 is 0. The summed E-state index contributed by atoms with van der Waals surface area (Å²) in [6.07, 6.45) is 4.68. The molecule has 0 unspecified atom stereocenters. The molecule has 0 aliphatic heterocycles. The van der Waals surface area contributed by atoms with Crippen molar-refractivity contribution in [3.05, 3.63) is 0 Å². The van der Waals surface area contributed by atoms with Gasteiger partial charge in [0.2, 0.25) is 5.91 Å². The average molecular weight is 215 g/mol. The van der Waals surface area contributed by atoms with E-state index in [4.69, 9.17) is 5.11 Å². The van der Waals surface area contributed by atoms with Crippen LogP contribution < -0.4 is 0 Å².